The second kappa shape index (κ2) is 7.17. The van der Waals surface area contributed by atoms with E-state index in [0.717, 1.165) is 12.1 Å². The molecule has 0 saturated heterocycles. The third-order valence-corrected chi connectivity index (χ3v) is 5.22. The lowest BCUT2D eigenvalue weighted by Gasteiger charge is -2.24. The van der Waals surface area contributed by atoms with Crippen molar-refractivity contribution in [2.24, 2.45) is 0 Å². The van der Waals surface area contributed by atoms with Crippen LogP contribution in [0, 0.1) is 0 Å². The molecule has 30 heavy (non-hydrogen) atoms. The monoisotopic (exact) mass is 417 g/mol. The normalized spacial score (nSPS) is 15.7. The summed E-state index contributed by atoms with van der Waals surface area (Å²) in [6.07, 6.45) is -4.47. The van der Waals surface area contributed by atoms with Crippen molar-refractivity contribution >= 4 is 22.6 Å². The third kappa shape index (κ3) is 3.41. The number of benzene rings is 2. The summed E-state index contributed by atoms with van der Waals surface area (Å²) >= 11 is 0. The summed E-state index contributed by atoms with van der Waals surface area (Å²) in [6.45, 7) is -0.200. The molecule has 6 nitrogen and oxygen atoms in total. The number of aliphatic hydroxyl groups is 1. The van der Waals surface area contributed by atoms with Crippen LogP contribution in [0.3, 0.4) is 0 Å². The minimum atomic E-state index is -4.47. The molecule has 2 aromatic carbocycles. The number of nitrogen functional groups attached to an aromatic ring is 1. The number of carbonyl (C=O) groups excluding carboxylic acids is 1. The van der Waals surface area contributed by atoms with Crippen LogP contribution in [0.15, 0.2) is 42.5 Å². The Kier molecular flexibility index (Phi) is 4.77. The first-order chi connectivity index (χ1) is 14.2. The van der Waals surface area contributed by atoms with E-state index in [1.54, 1.807) is 31.3 Å². The quantitative estimate of drug-likeness (QED) is 0.681. The largest absolute Gasteiger partial charge is 0.491 e. The van der Waals surface area contributed by atoms with Gasteiger partial charge in [-0.05, 0) is 42.0 Å². The summed E-state index contributed by atoms with van der Waals surface area (Å²) in [5.41, 5.74) is 6.90. The highest BCUT2D eigenvalue weighted by Crippen LogP contribution is 2.40. The van der Waals surface area contributed by atoms with E-state index in [2.05, 4.69) is 4.98 Å². The molecule has 1 aliphatic heterocycles. The summed E-state index contributed by atoms with van der Waals surface area (Å²) in [6, 6.07) is 9.16. The molecule has 0 bridgehead atoms. The van der Waals surface area contributed by atoms with E-state index >= 15 is 0 Å². The van der Waals surface area contributed by atoms with E-state index in [0.29, 0.717) is 27.6 Å². The van der Waals surface area contributed by atoms with Crippen LogP contribution >= 0.6 is 0 Å². The van der Waals surface area contributed by atoms with Gasteiger partial charge in [-0.25, -0.2) is 4.98 Å². The van der Waals surface area contributed by atoms with Crippen LogP contribution in [0.2, 0.25) is 0 Å². The number of rotatable bonds is 3. The number of hydrogen-bond donors (Lipinski definition) is 2. The number of halogens is 3. The zero-order chi connectivity index (χ0) is 21.6. The molecule has 156 valence electrons. The molecule has 1 atom stereocenters. The number of aliphatic hydroxyl groups excluding tert-OH is 1. The molecule has 1 aliphatic rings. The Morgan fingerprint density at radius 2 is 2.03 bits per heavy atom. The van der Waals surface area contributed by atoms with Crippen molar-refractivity contribution in [2.75, 3.05) is 19.4 Å². The van der Waals surface area contributed by atoms with Crippen LogP contribution in [0.4, 0.5) is 19.0 Å². The van der Waals surface area contributed by atoms with Gasteiger partial charge in [-0.15, -0.1) is 0 Å². The smallest absolute Gasteiger partial charge is 0.416 e. The standard InChI is InChI=1S/C21H18F3N3O3/c1-27(17-10-30-18-8-13(21(22,23)24)3-4-14(17)18)20(29)11-2-5-16-15(6-11)12(9-28)7-19(25)26-16/h2-8,17,28H,9-10H2,1H3,(H2,25,26). The van der Waals surface area contributed by atoms with Crippen molar-refractivity contribution in [2.45, 2.75) is 18.8 Å². The molecule has 1 aromatic heterocycles. The number of nitrogens with two attached hydrogens (primary N) is 1. The van der Waals surface area contributed by atoms with Crippen molar-refractivity contribution in [3.63, 3.8) is 0 Å². The van der Waals surface area contributed by atoms with E-state index < -0.39 is 17.8 Å². The maximum atomic E-state index is 13.1. The van der Waals surface area contributed by atoms with Gasteiger partial charge in [0.05, 0.1) is 23.7 Å². The first-order valence-electron chi connectivity index (χ1n) is 9.10. The minimum absolute atomic E-state index is 0.0619. The number of nitrogens with zero attached hydrogens (tertiary/aromatic N) is 2. The number of anilines is 1. The molecule has 2 heterocycles. The van der Waals surface area contributed by atoms with Gasteiger partial charge < -0.3 is 20.5 Å². The summed E-state index contributed by atoms with van der Waals surface area (Å²) in [4.78, 5) is 18.7. The van der Waals surface area contributed by atoms with Crippen LogP contribution in [0.1, 0.15) is 33.1 Å². The summed E-state index contributed by atoms with van der Waals surface area (Å²) in [5.74, 6) is 0.0508. The molecule has 0 saturated carbocycles. The fourth-order valence-corrected chi connectivity index (χ4v) is 3.62. The summed E-state index contributed by atoms with van der Waals surface area (Å²) in [5, 5.41) is 10.2. The third-order valence-electron chi connectivity index (χ3n) is 5.22. The lowest BCUT2D eigenvalue weighted by atomic mass is 10.0. The molecule has 4 rings (SSSR count). The average Bonchev–Trinajstić information content (AvgIpc) is 3.14. The van der Waals surface area contributed by atoms with Gasteiger partial charge in [0.15, 0.2) is 0 Å². The number of amides is 1. The molecule has 0 radical (unpaired) electrons. The van der Waals surface area contributed by atoms with E-state index in [-0.39, 0.29) is 30.7 Å². The van der Waals surface area contributed by atoms with Crippen molar-refractivity contribution in [3.8, 4) is 5.75 Å². The lowest BCUT2D eigenvalue weighted by Crippen LogP contribution is -2.32. The molecule has 3 N–H and O–H groups in total. The van der Waals surface area contributed by atoms with Crippen molar-refractivity contribution < 1.29 is 27.8 Å². The summed E-state index contributed by atoms with van der Waals surface area (Å²) < 4.78 is 44.2. The molecule has 0 aliphatic carbocycles. The highest BCUT2D eigenvalue weighted by atomic mass is 19.4. The maximum absolute atomic E-state index is 13.1. The molecule has 0 spiro atoms. The number of likely N-dealkylation sites (N-methyl/N-ethyl adjacent to an activating group) is 1. The summed E-state index contributed by atoms with van der Waals surface area (Å²) in [7, 11) is 1.57. The minimum Gasteiger partial charge on any atom is -0.491 e. The van der Waals surface area contributed by atoms with Crippen molar-refractivity contribution in [3.05, 3.63) is 64.7 Å². The van der Waals surface area contributed by atoms with Crippen LogP contribution < -0.4 is 10.5 Å². The zero-order valence-electron chi connectivity index (χ0n) is 15.9. The molecular weight excluding hydrogens is 399 g/mol. The molecule has 1 amide bonds. The van der Waals surface area contributed by atoms with Gasteiger partial charge in [-0.1, -0.05) is 6.07 Å². The van der Waals surface area contributed by atoms with Crippen molar-refractivity contribution in [1.29, 1.82) is 0 Å². The molecule has 1 unspecified atom stereocenters. The number of pyridine rings is 1. The molecule has 3 aromatic rings. The predicted octanol–water partition coefficient (Wildman–Crippen LogP) is 3.53. The predicted molar refractivity (Wildman–Crippen MR) is 104 cm³/mol. The van der Waals surface area contributed by atoms with Crippen LogP contribution in [0.25, 0.3) is 10.9 Å². The van der Waals surface area contributed by atoms with Gasteiger partial charge in [0, 0.05) is 23.6 Å². The van der Waals surface area contributed by atoms with Crippen molar-refractivity contribution in [1.82, 2.24) is 9.88 Å². The lowest BCUT2D eigenvalue weighted by molar-refractivity contribution is -0.137. The Bertz CT molecular complexity index is 1150. The van der Waals surface area contributed by atoms with Crippen LogP contribution in [-0.4, -0.2) is 34.6 Å². The Morgan fingerprint density at radius 3 is 2.73 bits per heavy atom. The highest BCUT2D eigenvalue weighted by molar-refractivity contribution is 5.99. The maximum Gasteiger partial charge on any atom is 0.416 e. The Labute approximate surface area is 169 Å². The van der Waals surface area contributed by atoms with Crippen LogP contribution in [-0.2, 0) is 12.8 Å². The molecule has 9 heteroatoms. The van der Waals surface area contributed by atoms with E-state index in [9.17, 15) is 23.1 Å². The molecule has 0 fully saturated rings. The van der Waals surface area contributed by atoms with Crippen LogP contribution in [0.5, 0.6) is 5.75 Å². The SMILES string of the molecule is CN(C(=O)c1ccc2nc(N)cc(CO)c2c1)C1COc2cc(C(F)(F)F)ccc21. The number of fused-ring (bicyclic) bond motifs is 2. The fraction of sp³-hybridized carbons (Fsp3) is 0.238. The van der Waals surface area contributed by atoms with E-state index in [4.69, 9.17) is 10.5 Å². The van der Waals surface area contributed by atoms with E-state index in [1.807, 2.05) is 0 Å². The Morgan fingerprint density at radius 1 is 1.27 bits per heavy atom. The number of alkyl halides is 3. The second-order valence-corrected chi connectivity index (χ2v) is 7.09. The Hall–Kier alpha value is -3.33. The van der Waals surface area contributed by atoms with Gasteiger partial charge in [-0.3, -0.25) is 4.79 Å². The first kappa shape index (κ1) is 20.0. The zero-order valence-corrected chi connectivity index (χ0v) is 15.9. The number of aromatic nitrogens is 1. The average molecular weight is 417 g/mol. The van der Waals surface area contributed by atoms with E-state index in [1.165, 1.54) is 11.0 Å². The number of carbonyl (C=O) groups is 1. The van der Waals surface area contributed by atoms with Gasteiger partial charge in [0.1, 0.15) is 18.2 Å². The molecular formula is C21H18F3N3O3. The number of hydrogen-bond acceptors (Lipinski definition) is 5. The Balaban J connectivity index is 1.65. The van der Waals surface area contributed by atoms with Gasteiger partial charge in [-0.2, -0.15) is 13.2 Å². The highest BCUT2D eigenvalue weighted by Gasteiger charge is 2.35. The fourth-order valence-electron chi connectivity index (χ4n) is 3.62. The van der Waals surface area contributed by atoms with Gasteiger partial charge in [0.25, 0.3) is 5.91 Å². The first-order valence-corrected chi connectivity index (χ1v) is 9.10. The van der Waals surface area contributed by atoms with Gasteiger partial charge in [0.2, 0.25) is 0 Å². The topological polar surface area (TPSA) is 88.7 Å². The number of ether oxygens (including phenoxy) is 1. The second-order valence-electron chi connectivity index (χ2n) is 7.09. The van der Waals surface area contributed by atoms with Gasteiger partial charge >= 0.3 is 6.18 Å².